The van der Waals surface area contributed by atoms with Gasteiger partial charge in [0.2, 0.25) is 0 Å². The van der Waals surface area contributed by atoms with Crippen LogP contribution >= 0.6 is 0 Å². The number of methoxy groups -OCH3 is 1. The molecular formula is C12H22N2O4. The zero-order valence-corrected chi connectivity index (χ0v) is 11.4. The number of hydrogen-bond donors (Lipinski definition) is 2. The number of rotatable bonds is 2. The van der Waals surface area contributed by atoms with Crippen molar-refractivity contribution in [1.29, 1.82) is 0 Å². The molecule has 0 aromatic rings. The standard InChI is InChI=1S/C12H22N2O4/c1-12(2,3)18-11(16)14-9-7-13-6-5-8(9)10(15)17-4/h8-9,13H,5-7H2,1-4H3,(H,14,16). The molecule has 1 saturated heterocycles. The third kappa shape index (κ3) is 4.52. The third-order valence-electron chi connectivity index (χ3n) is 2.69. The summed E-state index contributed by atoms with van der Waals surface area (Å²) < 4.78 is 9.92. The van der Waals surface area contributed by atoms with Crippen LogP contribution in [0.4, 0.5) is 4.79 Å². The van der Waals surface area contributed by atoms with Gasteiger partial charge in [0.25, 0.3) is 0 Å². The van der Waals surface area contributed by atoms with E-state index < -0.39 is 11.7 Å². The summed E-state index contributed by atoms with van der Waals surface area (Å²) in [5.74, 6) is -0.610. The minimum Gasteiger partial charge on any atom is -0.469 e. The Morgan fingerprint density at radius 2 is 2.00 bits per heavy atom. The highest BCUT2D eigenvalue weighted by Gasteiger charge is 2.33. The Morgan fingerprint density at radius 3 is 2.56 bits per heavy atom. The summed E-state index contributed by atoms with van der Waals surface area (Å²) in [6.07, 6.45) is 0.137. The molecule has 1 amide bonds. The summed E-state index contributed by atoms with van der Waals surface area (Å²) in [7, 11) is 1.36. The Hall–Kier alpha value is -1.30. The van der Waals surface area contributed by atoms with E-state index in [4.69, 9.17) is 9.47 Å². The van der Waals surface area contributed by atoms with Crippen LogP contribution in [0.5, 0.6) is 0 Å². The van der Waals surface area contributed by atoms with Crippen LogP contribution in [-0.2, 0) is 14.3 Å². The smallest absolute Gasteiger partial charge is 0.407 e. The van der Waals surface area contributed by atoms with Gasteiger partial charge in [-0.2, -0.15) is 0 Å². The fourth-order valence-electron chi connectivity index (χ4n) is 1.90. The fourth-order valence-corrected chi connectivity index (χ4v) is 1.90. The molecule has 2 unspecified atom stereocenters. The number of alkyl carbamates (subject to hydrolysis) is 1. The lowest BCUT2D eigenvalue weighted by Crippen LogP contribution is -2.54. The quantitative estimate of drug-likeness (QED) is 0.712. The minimum absolute atomic E-state index is 0.291. The van der Waals surface area contributed by atoms with Crippen molar-refractivity contribution in [3.8, 4) is 0 Å². The van der Waals surface area contributed by atoms with Crippen LogP contribution in [0.2, 0.25) is 0 Å². The molecule has 2 atom stereocenters. The first kappa shape index (κ1) is 14.8. The molecule has 0 saturated carbocycles. The minimum atomic E-state index is -0.549. The average molecular weight is 258 g/mol. The summed E-state index contributed by atoms with van der Waals surface area (Å²) in [6, 6.07) is -0.291. The number of esters is 1. The zero-order chi connectivity index (χ0) is 13.8. The molecule has 18 heavy (non-hydrogen) atoms. The van der Waals surface area contributed by atoms with Gasteiger partial charge in [0.1, 0.15) is 5.60 Å². The van der Waals surface area contributed by atoms with Crippen LogP contribution < -0.4 is 10.6 Å². The third-order valence-corrected chi connectivity index (χ3v) is 2.69. The summed E-state index contributed by atoms with van der Waals surface area (Å²) in [6.45, 7) is 6.67. The van der Waals surface area contributed by atoms with Crippen LogP contribution in [0.1, 0.15) is 27.2 Å². The van der Waals surface area contributed by atoms with Gasteiger partial charge in [-0.25, -0.2) is 4.79 Å². The van der Waals surface area contributed by atoms with E-state index in [1.165, 1.54) is 7.11 Å². The summed E-state index contributed by atoms with van der Waals surface area (Å²) in [5.41, 5.74) is -0.549. The Kier molecular flexibility index (Phi) is 4.95. The Morgan fingerprint density at radius 1 is 1.33 bits per heavy atom. The number of ether oxygens (including phenoxy) is 2. The molecule has 1 aliphatic heterocycles. The molecule has 0 aromatic heterocycles. The fraction of sp³-hybridized carbons (Fsp3) is 0.833. The van der Waals surface area contributed by atoms with E-state index in [1.54, 1.807) is 20.8 Å². The average Bonchev–Trinajstić information content (AvgIpc) is 2.26. The van der Waals surface area contributed by atoms with Crippen LogP contribution in [0.15, 0.2) is 0 Å². The summed E-state index contributed by atoms with van der Waals surface area (Å²) in [5, 5.41) is 5.85. The number of carbonyl (C=O) groups is 2. The highest BCUT2D eigenvalue weighted by Crippen LogP contribution is 2.15. The van der Waals surface area contributed by atoms with Gasteiger partial charge in [-0.15, -0.1) is 0 Å². The lowest BCUT2D eigenvalue weighted by molar-refractivity contribution is -0.147. The molecule has 0 aromatic carbocycles. The van der Waals surface area contributed by atoms with E-state index in [1.807, 2.05) is 0 Å². The maximum Gasteiger partial charge on any atom is 0.407 e. The molecule has 6 nitrogen and oxygen atoms in total. The van der Waals surface area contributed by atoms with Crippen molar-refractivity contribution < 1.29 is 19.1 Å². The Bertz CT molecular complexity index is 312. The largest absolute Gasteiger partial charge is 0.469 e. The molecule has 104 valence electrons. The Labute approximate surface area is 107 Å². The SMILES string of the molecule is COC(=O)C1CCNCC1NC(=O)OC(C)(C)C. The second kappa shape index (κ2) is 6.04. The highest BCUT2D eigenvalue weighted by molar-refractivity contribution is 5.75. The van der Waals surface area contributed by atoms with Crippen LogP contribution in [-0.4, -0.2) is 43.9 Å². The molecule has 0 bridgehead atoms. The lowest BCUT2D eigenvalue weighted by atomic mass is 9.93. The summed E-state index contributed by atoms with van der Waals surface area (Å²) >= 11 is 0. The summed E-state index contributed by atoms with van der Waals surface area (Å²) in [4.78, 5) is 23.3. The topological polar surface area (TPSA) is 76.7 Å². The molecule has 6 heteroatoms. The maximum absolute atomic E-state index is 11.7. The maximum atomic E-state index is 11.7. The van der Waals surface area contributed by atoms with Crippen LogP contribution in [0.25, 0.3) is 0 Å². The zero-order valence-electron chi connectivity index (χ0n) is 11.4. The van der Waals surface area contributed by atoms with Gasteiger partial charge in [-0.1, -0.05) is 0 Å². The predicted octanol–water partition coefficient (Wildman–Crippen LogP) is 0.662. The molecule has 2 N–H and O–H groups in total. The number of piperidine rings is 1. The highest BCUT2D eigenvalue weighted by atomic mass is 16.6. The Balaban J connectivity index is 2.57. The number of nitrogens with one attached hydrogen (secondary N) is 2. The molecular weight excluding hydrogens is 236 g/mol. The molecule has 0 radical (unpaired) electrons. The second-order valence-corrected chi connectivity index (χ2v) is 5.38. The lowest BCUT2D eigenvalue weighted by Gasteiger charge is -2.31. The molecule has 1 fully saturated rings. The number of amides is 1. The van der Waals surface area contributed by atoms with Crippen molar-refractivity contribution in [3.05, 3.63) is 0 Å². The van der Waals surface area contributed by atoms with Crippen molar-refractivity contribution in [2.24, 2.45) is 5.92 Å². The van der Waals surface area contributed by atoms with Gasteiger partial charge in [0.15, 0.2) is 0 Å². The van der Waals surface area contributed by atoms with Gasteiger partial charge in [-0.3, -0.25) is 4.79 Å². The van der Waals surface area contributed by atoms with E-state index in [0.717, 1.165) is 6.54 Å². The van der Waals surface area contributed by atoms with Crippen molar-refractivity contribution in [3.63, 3.8) is 0 Å². The first-order chi connectivity index (χ1) is 8.33. The van der Waals surface area contributed by atoms with Crippen molar-refractivity contribution >= 4 is 12.1 Å². The van der Waals surface area contributed by atoms with E-state index in [0.29, 0.717) is 13.0 Å². The first-order valence-electron chi connectivity index (χ1n) is 6.11. The van der Waals surface area contributed by atoms with E-state index in [-0.39, 0.29) is 17.9 Å². The molecule has 0 aliphatic carbocycles. The molecule has 0 spiro atoms. The van der Waals surface area contributed by atoms with Gasteiger partial charge >= 0.3 is 12.1 Å². The van der Waals surface area contributed by atoms with Gasteiger partial charge in [0.05, 0.1) is 19.1 Å². The molecule has 1 rings (SSSR count). The van der Waals surface area contributed by atoms with Crippen molar-refractivity contribution in [2.45, 2.75) is 38.8 Å². The van der Waals surface area contributed by atoms with Crippen molar-refractivity contribution in [1.82, 2.24) is 10.6 Å². The van der Waals surface area contributed by atoms with E-state index in [9.17, 15) is 9.59 Å². The normalized spacial score (nSPS) is 24.2. The second-order valence-electron chi connectivity index (χ2n) is 5.38. The van der Waals surface area contributed by atoms with Gasteiger partial charge < -0.3 is 20.1 Å². The molecule has 1 heterocycles. The number of hydrogen-bond acceptors (Lipinski definition) is 5. The van der Waals surface area contributed by atoms with Crippen LogP contribution in [0.3, 0.4) is 0 Å². The van der Waals surface area contributed by atoms with Gasteiger partial charge in [0, 0.05) is 6.54 Å². The first-order valence-corrected chi connectivity index (χ1v) is 6.11. The predicted molar refractivity (Wildman–Crippen MR) is 66.2 cm³/mol. The van der Waals surface area contributed by atoms with Crippen LogP contribution in [0, 0.1) is 5.92 Å². The van der Waals surface area contributed by atoms with Crippen molar-refractivity contribution in [2.75, 3.05) is 20.2 Å². The monoisotopic (exact) mass is 258 g/mol. The van der Waals surface area contributed by atoms with E-state index in [2.05, 4.69) is 10.6 Å². The number of carbonyl (C=O) groups excluding carboxylic acids is 2. The van der Waals surface area contributed by atoms with E-state index >= 15 is 0 Å². The van der Waals surface area contributed by atoms with Gasteiger partial charge in [-0.05, 0) is 33.7 Å². The molecule has 1 aliphatic rings.